The van der Waals surface area contributed by atoms with Gasteiger partial charge in [0.15, 0.2) is 0 Å². The molecule has 5 heteroatoms. The molecule has 0 spiro atoms. The summed E-state index contributed by atoms with van der Waals surface area (Å²) in [5.74, 6) is -0.163. The van der Waals surface area contributed by atoms with Gasteiger partial charge in [0.25, 0.3) is 0 Å². The summed E-state index contributed by atoms with van der Waals surface area (Å²) < 4.78 is 14.1. The van der Waals surface area contributed by atoms with Crippen LogP contribution < -0.4 is 0 Å². The van der Waals surface area contributed by atoms with Gasteiger partial charge in [0.2, 0.25) is 5.91 Å². The Morgan fingerprint density at radius 2 is 1.92 bits per heavy atom. The number of hydrogen-bond acceptors (Lipinski definition) is 3. The number of thiazole rings is 1. The third kappa shape index (κ3) is 4.17. The second kappa shape index (κ2) is 7.53. The second-order valence-electron chi connectivity index (χ2n) is 5.81. The van der Waals surface area contributed by atoms with Crippen molar-refractivity contribution in [1.82, 2.24) is 9.88 Å². The van der Waals surface area contributed by atoms with E-state index in [2.05, 4.69) is 11.1 Å². The van der Waals surface area contributed by atoms with Crippen molar-refractivity contribution in [3.8, 4) is 0 Å². The predicted molar refractivity (Wildman–Crippen MR) is 95.4 cm³/mol. The molecule has 0 aliphatic rings. The quantitative estimate of drug-likeness (QED) is 0.664. The molecular formula is C19H19FN2OS. The zero-order chi connectivity index (χ0) is 16.9. The number of hydrogen-bond donors (Lipinski definition) is 0. The van der Waals surface area contributed by atoms with Gasteiger partial charge in [0.1, 0.15) is 5.82 Å². The van der Waals surface area contributed by atoms with Crippen LogP contribution in [0, 0.1) is 5.82 Å². The molecule has 1 aromatic heterocycles. The van der Waals surface area contributed by atoms with Crippen LogP contribution in [-0.2, 0) is 17.8 Å². The number of fused-ring (bicyclic) bond motifs is 1. The summed E-state index contributed by atoms with van der Waals surface area (Å²) in [6.45, 7) is 0.500. The summed E-state index contributed by atoms with van der Waals surface area (Å²) in [7, 11) is 1.78. The molecule has 0 saturated heterocycles. The Morgan fingerprint density at radius 3 is 2.67 bits per heavy atom. The van der Waals surface area contributed by atoms with Crippen molar-refractivity contribution in [2.24, 2.45) is 0 Å². The van der Waals surface area contributed by atoms with Gasteiger partial charge < -0.3 is 4.90 Å². The van der Waals surface area contributed by atoms with Gasteiger partial charge in [-0.05, 0) is 42.7 Å². The Labute approximate surface area is 144 Å². The van der Waals surface area contributed by atoms with Gasteiger partial charge in [-0.25, -0.2) is 9.37 Å². The lowest BCUT2D eigenvalue weighted by molar-refractivity contribution is -0.130. The molecule has 1 amide bonds. The molecule has 0 radical (unpaired) electrons. The summed E-state index contributed by atoms with van der Waals surface area (Å²) in [5.41, 5.74) is 1.95. The first-order chi connectivity index (χ1) is 11.6. The molecule has 0 aliphatic heterocycles. The first-order valence-electron chi connectivity index (χ1n) is 7.94. The maximum Gasteiger partial charge on any atom is 0.222 e. The Hall–Kier alpha value is -2.27. The number of para-hydroxylation sites is 1. The van der Waals surface area contributed by atoms with Gasteiger partial charge in [0, 0.05) is 20.0 Å². The van der Waals surface area contributed by atoms with Crippen molar-refractivity contribution < 1.29 is 9.18 Å². The maximum atomic E-state index is 12.9. The lowest BCUT2D eigenvalue weighted by Crippen LogP contribution is -2.25. The van der Waals surface area contributed by atoms with E-state index in [-0.39, 0.29) is 11.7 Å². The van der Waals surface area contributed by atoms with E-state index >= 15 is 0 Å². The van der Waals surface area contributed by atoms with Crippen LogP contribution in [-0.4, -0.2) is 22.8 Å². The van der Waals surface area contributed by atoms with Crippen molar-refractivity contribution >= 4 is 27.5 Å². The molecule has 3 nitrogen and oxygen atoms in total. The van der Waals surface area contributed by atoms with Gasteiger partial charge in [0.05, 0.1) is 15.2 Å². The van der Waals surface area contributed by atoms with E-state index in [1.807, 2.05) is 18.2 Å². The van der Waals surface area contributed by atoms with E-state index in [1.54, 1.807) is 35.4 Å². The number of aromatic nitrogens is 1. The Kier molecular flexibility index (Phi) is 5.20. The average Bonchev–Trinajstić information content (AvgIpc) is 2.99. The van der Waals surface area contributed by atoms with Gasteiger partial charge in [-0.15, -0.1) is 11.3 Å². The standard InChI is InChI=1S/C19H19FN2OS/c1-22(13-14-9-11-15(20)12-10-14)19(23)8-4-7-18-21-16-5-2-3-6-17(16)24-18/h2-3,5-6,9-12H,4,7-8,13H2,1H3. The monoisotopic (exact) mass is 342 g/mol. The smallest absolute Gasteiger partial charge is 0.222 e. The molecular weight excluding hydrogens is 323 g/mol. The van der Waals surface area contributed by atoms with E-state index in [0.29, 0.717) is 13.0 Å². The van der Waals surface area contributed by atoms with Crippen LogP contribution in [0.5, 0.6) is 0 Å². The normalized spacial score (nSPS) is 10.9. The molecule has 3 rings (SSSR count). The van der Waals surface area contributed by atoms with Crippen molar-refractivity contribution in [3.05, 3.63) is 64.9 Å². The van der Waals surface area contributed by atoms with Crippen LogP contribution in [0.1, 0.15) is 23.4 Å². The van der Waals surface area contributed by atoms with E-state index in [0.717, 1.165) is 28.9 Å². The van der Waals surface area contributed by atoms with Crippen LogP contribution >= 0.6 is 11.3 Å². The molecule has 0 atom stereocenters. The fourth-order valence-electron chi connectivity index (χ4n) is 2.56. The summed E-state index contributed by atoms with van der Waals surface area (Å²) >= 11 is 1.69. The lowest BCUT2D eigenvalue weighted by Gasteiger charge is -2.17. The lowest BCUT2D eigenvalue weighted by atomic mass is 10.2. The number of halogens is 1. The van der Waals surface area contributed by atoms with Crippen molar-refractivity contribution in [3.63, 3.8) is 0 Å². The first-order valence-corrected chi connectivity index (χ1v) is 8.76. The van der Waals surface area contributed by atoms with E-state index in [4.69, 9.17) is 0 Å². The van der Waals surface area contributed by atoms with Crippen LogP contribution in [0.2, 0.25) is 0 Å². The number of rotatable bonds is 6. The highest BCUT2D eigenvalue weighted by molar-refractivity contribution is 7.18. The molecule has 0 N–H and O–H groups in total. The molecule has 3 aromatic rings. The number of amides is 1. The zero-order valence-electron chi connectivity index (χ0n) is 13.5. The third-order valence-electron chi connectivity index (χ3n) is 3.88. The number of nitrogens with zero attached hydrogens (tertiary/aromatic N) is 2. The molecule has 0 aliphatic carbocycles. The molecule has 2 aromatic carbocycles. The third-order valence-corrected chi connectivity index (χ3v) is 4.97. The van der Waals surface area contributed by atoms with Gasteiger partial charge in [-0.1, -0.05) is 24.3 Å². The molecule has 124 valence electrons. The highest BCUT2D eigenvalue weighted by atomic mass is 32.1. The largest absolute Gasteiger partial charge is 0.341 e. The van der Waals surface area contributed by atoms with Crippen LogP contribution in [0.3, 0.4) is 0 Å². The molecule has 0 saturated carbocycles. The summed E-state index contributed by atoms with van der Waals surface area (Å²) in [6, 6.07) is 14.3. The summed E-state index contributed by atoms with van der Waals surface area (Å²) in [5, 5.41) is 1.07. The fourth-order valence-corrected chi connectivity index (χ4v) is 3.57. The molecule has 1 heterocycles. The topological polar surface area (TPSA) is 33.2 Å². The predicted octanol–water partition coefficient (Wildman–Crippen LogP) is 4.42. The molecule has 0 unspecified atom stereocenters. The number of aryl methyl sites for hydroxylation is 1. The fraction of sp³-hybridized carbons (Fsp3) is 0.263. The maximum absolute atomic E-state index is 12.9. The molecule has 0 bridgehead atoms. The highest BCUT2D eigenvalue weighted by Gasteiger charge is 2.10. The average molecular weight is 342 g/mol. The SMILES string of the molecule is CN(Cc1ccc(F)cc1)C(=O)CCCc1nc2ccccc2s1. The Balaban J connectivity index is 1.48. The number of carbonyl (C=O) groups excluding carboxylic acids is 1. The van der Waals surface area contributed by atoms with Gasteiger partial charge in [-0.3, -0.25) is 4.79 Å². The van der Waals surface area contributed by atoms with Crippen LogP contribution in [0.25, 0.3) is 10.2 Å². The second-order valence-corrected chi connectivity index (χ2v) is 6.92. The van der Waals surface area contributed by atoms with Crippen molar-refractivity contribution in [1.29, 1.82) is 0 Å². The minimum atomic E-state index is -0.261. The minimum absolute atomic E-state index is 0.0976. The summed E-state index contributed by atoms with van der Waals surface area (Å²) in [4.78, 5) is 18.5. The number of benzene rings is 2. The van der Waals surface area contributed by atoms with Gasteiger partial charge >= 0.3 is 0 Å². The minimum Gasteiger partial charge on any atom is -0.341 e. The summed E-state index contributed by atoms with van der Waals surface area (Å²) in [6.07, 6.45) is 2.09. The van der Waals surface area contributed by atoms with Crippen LogP contribution in [0.4, 0.5) is 4.39 Å². The van der Waals surface area contributed by atoms with Crippen molar-refractivity contribution in [2.75, 3.05) is 7.05 Å². The Bertz CT molecular complexity index is 796. The van der Waals surface area contributed by atoms with Crippen LogP contribution in [0.15, 0.2) is 48.5 Å². The van der Waals surface area contributed by atoms with Crippen molar-refractivity contribution in [2.45, 2.75) is 25.8 Å². The van der Waals surface area contributed by atoms with Gasteiger partial charge in [-0.2, -0.15) is 0 Å². The number of carbonyl (C=O) groups is 1. The molecule has 0 fully saturated rings. The first kappa shape index (κ1) is 16.6. The molecule has 24 heavy (non-hydrogen) atoms. The highest BCUT2D eigenvalue weighted by Crippen LogP contribution is 2.22. The zero-order valence-corrected chi connectivity index (χ0v) is 14.4. The Morgan fingerprint density at radius 1 is 1.17 bits per heavy atom. The van der Waals surface area contributed by atoms with E-state index in [9.17, 15) is 9.18 Å². The van der Waals surface area contributed by atoms with E-state index in [1.165, 1.54) is 16.8 Å². The van der Waals surface area contributed by atoms with E-state index < -0.39 is 0 Å².